The standard InChI is InChI=1S/C17H23FN2O4/c18-12-5-6-16(24-11-14-4-2-8-23-14)15(9-12)19-17(22)20-7-1-3-13(21)10-20/h5-6,9,13-14,21H,1-4,7-8,10-11H2,(H,19,22)/t13-,14-/m1/s1. The fourth-order valence-electron chi connectivity index (χ4n) is 3.02. The van der Waals surface area contributed by atoms with Gasteiger partial charge in [-0.3, -0.25) is 0 Å². The average Bonchev–Trinajstić information content (AvgIpc) is 3.07. The number of aliphatic hydroxyl groups is 1. The Kier molecular flexibility index (Phi) is 5.52. The maximum absolute atomic E-state index is 13.6. The Hall–Kier alpha value is -1.86. The van der Waals surface area contributed by atoms with Crippen LogP contribution in [0.15, 0.2) is 18.2 Å². The maximum atomic E-state index is 13.6. The number of hydrogen-bond donors (Lipinski definition) is 2. The first kappa shape index (κ1) is 17.0. The van der Waals surface area contributed by atoms with Gasteiger partial charge in [0.1, 0.15) is 18.2 Å². The zero-order chi connectivity index (χ0) is 16.9. The minimum Gasteiger partial charge on any atom is -0.489 e. The molecular formula is C17H23FN2O4. The van der Waals surface area contributed by atoms with Crippen LogP contribution in [0, 0.1) is 5.82 Å². The number of aliphatic hydroxyl groups excluding tert-OH is 1. The molecule has 0 aliphatic carbocycles. The normalized spacial score (nSPS) is 24.0. The number of β-amino-alcohol motifs (C(OH)–C–C–N with tert-alkyl or cyclic N) is 1. The number of ether oxygens (including phenoxy) is 2. The van der Waals surface area contributed by atoms with Gasteiger partial charge in [0, 0.05) is 25.8 Å². The van der Waals surface area contributed by atoms with E-state index in [9.17, 15) is 14.3 Å². The summed E-state index contributed by atoms with van der Waals surface area (Å²) in [5.74, 6) is -0.0359. The van der Waals surface area contributed by atoms with Gasteiger partial charge < -0.3 is 24.8 Å². The predicted octanol–water partition coefficient (Wildman–Crippen LogP) is 2.37. The van der Waals surface area contributed by atoms with Gasteiger partial charge in [-0.2, -0.15) is 0 Å². The lowest BCUT2D eigenvalue weighted by Crippen LogP contribution is -2.44. The molecule has 2 heterocycles. The number of benzene rings is 1. The van der Waals surface area contributed by atoms with E-state index in [-0.39, 0.29) is 24.4 Å². The lowest BCUT2D eigenvalue weighted by molar-refractivity contribution is 0.0681. The van der Waals surface area contributed by atoms with Crippen LogP contribution in [-0.4, -0.2) is 54.5 Å². The van der Waals surface area contributed by atoms with Crippen molar-refractivity contribution in [2.24, 2.45) is 0 Å². The summed E-state index contributed by atoms with van der Waals surface area (Å²) < 4.78 is 24.8. The Morgan fingerprint density at radius 1 is 1.42 bits per heavy atom. The lowest BCUT2D eigenvalue weighted by Gasteiger charge is -2.30. The highest BCUT2D eigenvalue weighted by Crippen LogP contribution is 2.27. The number of hydrogen-bond acceptors (Lipinski definition) is 4. The summed E-state index contributed by atoms with van der Waals surface area (Å²) in [4.78, 5) is 13.9. The number of nitrogens with one attached hydrogen (secondary N) is 1. The highest BCUT2D eigenvalue weighted by atomic mass is 19.1. The van der Waals surface area contributed by atoms with E-state index in [1.807, 2.05) is 0 Å². The monoisotopic (exact) mass is 338 g/mol. The molecule has 0 saturated carbocycles. The van der Waals surface area contributed by atoms with Crippen molar-refractivity contribution in [3.63, 3.8) is 0 Å². The number of nitrogens with zero attached hydrogens (tertiary/aromatic N) is 1. The summed E-state index contributed by atoms with van der Waals surface area (Å²) in [5, 5.41) is 12.4. The number of rotatable bonds is 4. The molecule has 2 aliphatic rings. The van der Waals surface area contributed by atoms with E-state index in [0.717, 1.165) is 25.9 Å². The molecule has 6 nitrogen and oxygen atoms in total. The SMILES string of the molecule is O=C(Nc1cc(F)ccc1OC[C@H]1CCCO1)N1CCC[C@@H](O)C1. The molecule has 1 aromatic rings. The molecular weight excluding hydrogens is 315 g/mol. The van der Waals surface area contributed by atoms with Crippen LogP contribution in [0.3, 0.4) is 0 Å². The lowest BCUT2D eigenvalue weighted by atomic mass is 10.1. The van der Waals surface area contributed by atoms with Crippen LogP contribution in [-0.2, 0) is 4.74 Å². The summed E-state index contributed by atoms with van der Waals surface area (Å²) in [6.45, 7) is 1.97. The Balaban J connectivity index is 1.64. The third-order valence-electron chi connectivity index (χ3n) is 4.32. The van der Waals surface area contributed by atoms with Crippen LogP contribution in [0.25, 0.3) is 0 Å². The Labute approximate surface area is 140 Å². The molecule has 0 bridgehead atoms. The summed E-state index contributed by atoms with van der Waals surface area (Å²) in [7, 11) is 0. The predicted molar refractivity (Wildman–Crippen MR) is 86.7 cm³/mol. The first-order chi connectivity index (χ1) is 11.6. The number of likely N-dealkylation sites (tertiary alicyclic amines) is 1. The van der Waals surface area contributed by atoms with Gasteiger partial charge in [0.2, 0.25) is 0 Å². The second-order valence-electron chi connectivity index (χ2n) is 6.26. The first-order valence-electron chi connectivity index (χ1n) is 8.40. The van der Waals surface area contributed by atoms with E-state index in [1.165, 1.54) is 23.1 Å². The number of anilines is 1. The molecule has 2 N–H and O–H groups in total. The fraction of sp³-hybridized carbons (Fsp3) is 0.588. The van der Waals surface area contributed by atoms with Crippen molar-refractivity contribution in [1.82, 2.24) is 4.90 Å². The van der Waals surface area contributed by atoms with Crippen LogP contribution >= 0.6 is 0 Å². The van der Waals surface area contributed by atoms with E-state index >= 15 is 0 Å². The number of piperidine rings is 1. The van der Waals surface area contributed by atoms with Gasteiger partial charge in [0.25, 0.3) is 0 Å². The number of urea groups is 1. The van der Waals surface area contributed by atoms with E-state index in [2.05, 4.69) is 5.32 Å². The van der Waals surface area contributed by atoms with Gasteiger partial charge in [-0.25, -0.2) is 9.18 Å². The van der Waals surface area contributed by atoms with Crippen molar-refractivity contribution in [1.29, 1.82) is 0 Å². The smallest absolute Gasteiger partial charge is 0.322 e. The highest BCUT2D eigenvalue weighted by Gasteiger charge is 2.23. The van der Waals surface area contributed by atoms with Crippen LogP contribution < -0.4 is 10.1 Å². The first-order valence-corrected chi connectivity index (χ1v) is 8.40. The molecule has 7 heteroatoms. The molecule has 132 valence electrons. The molecule has 0 radical (unpaired) electrons. The molecule has 0 unspecified atom stereocenters. The molecule has 3 rings (SSSR count). The minimum absolute atomic E-state index is 0.0378. The van der Waals surface area contributed by atoms with Gasteiger partial charge in [-0.1, -0.05) is 0 Å². The van der Waals surface area contributed by atoms with Crippen molar-refractivity contribution < 1.29 is 23.8 Å². The number of halogens is 1. The van der Waals surface area contributed by atoms with Crippen molar-refractivity contribution in [3.8, 4) is 5.75 Å². The molecule has 2 aliphatic heterocycles. The zero-order valence-electron chi connectivity index (χ0n) is 13.5. The molecule has 0 spiro atoms. The summed E-state index contributed by atoms with van der Waals surface area (Å²) in [5.41, 5.74) is 0.290. The Morgan fingerprint density at radius 3 is 3.04 bits per heavy atom. The summed E-state index contributed by atoms with van der Waals surface area (Å²) >= 11 is 0. The largest absolute Gasteiger partial charge is 0.489 e. The van der Waals surface area contributed by atoms with Crippen LogP contribution in [0.4, 0.5) is 14.9 Å². The van der Waals surface area contributed by atoms with Gasteiger partial charge in [-0.15, -0.1) is 0 Å². The number of amides is 2. The van der Waals surface area contributed by atoms with Crippen molar-refractivity contribution in [2.75, 3.05) is 31.6 Å². The van der Waals surface area contributed by atoms with Gasteiger partial charge in [-0.05, 0) is 37.8 Å². The average molecular weight is 338 g/mol. The number of carbonyl (C=O) groups is 1. The maximum Gasteiger partial charge on any atom is 0.322 e. The van der Waals surface area contributed by atoms with Gasteiger partial charge in [0.05, 0.1) is 17.9 Å². The van der Waals surface area contributed by atoms with Crippen LogP contribution in [0.5, 0.6) is 5.75 Å². The molecule has 2 atom stereocenters. The topological polar surface area (TPSA) is 71.0 Å². The Bertz CT molecular complexity index is 578. The quantitative estimate of drug-likeness (QED) is 0.884. The molecule has 1 aromatic carbocycles. The van der Waals surface area contributed by atoms with Crippen molar-refractivity contribution in [3.05, 3.63) is 24.0 Å². The summed E-state index contributed by atoms with van der Waals surface area (Å²) in [6, 6.07) is 3.68. The van der Waals surface area contributed by atoms with Crippen molar-refractivity contribution in [2.45, 2.75) is 37.9 Å². The van der Waals surface area contributed by atoms with E-state index in [4.69, 9.17) is 9.47 Å². The minimum atomic E-state index is -0.507. The van der Waals surface area contributed by atoms with Crippen molar-refractivity contribution >= 4 is 11.7 Å². The molecule has 24 heavy (non-hydrogen) atoms. The molecule has 2 saturated heterocycles. The molecule has 2 amide bonds. The second kappa shape index (κ2) is 7.81. The van der Waals surface area contributed by atoms with E-state index in [1.54, 1.807) is 0 Å². The van der Waals surface area contributed by atoms with Crippen LogP contribution in [0.2, 0.25) is 0 Å². The third kappa shape index (κ3) is 4.36. The fourth-order valence-corrected chi connectivity index (χ4v) is 3.02. The molecule has 0 aromatic heterocycles. The van der Waals surface area contributed by atoms with Gasteiger partial charge >= 0.3 is 6.03 Å². The van der Waals surface area contributed by atoms with Crippen LogP contribution in [0.1, 0.15) is 25.7 Å². The zero-order valence-corrected chi connectivity index (χ0v) is 13.5. The molecule has 2 fully saturated rings. The highest BCUT2D eigenvalue weighted by molar-refractivity contribution is 5.91. The van der Waals surface area contributed by atoms with Gasteiger partial charge in [0.15, 0.2) is 0 Å². The second-order valence-corrected chi connectivity index (χ2v) is 6.26. The van der Waals surface area contributed by atoms with E-state index < -0.39 is 11.9 Å². The van der Waals surface area contributed by atoms with E-state index in [0.29, 0.717) is 25.3 Å². The Morgan fingerprint density at radius 2 is 2.29 bits per heavy atom. The third-order valence-corrected chi connectivity index (χ3v) is 4.32. The number of carbonyl (C=O) groups excluding carboxylic acids is 1. The summed E-state index contributed by atoms with van der Waals surface area (Å²) in [6.07, 6.45) is 2.93.